The smallest absolute Gasteiger partial charge is 0.240 e. The molecule has 4 heteroatoms. The van der Waals surface area contributed by atoms with Crippen molar-refractivity contribution >= 4 is 17.7 Å². The van der Waals surface area contributed by atoms with Gasteiger partial charge in [-0.05, 0) is 43.8 Å². The van der Waals surface area contributed by atoms with E-state index < -0.39 is 0 Å². The molecule has 0 aliphatic heterocycles. The van der Waals surface area contributed by atoms with Gasteiger partial charge >= 0.3 is 0 Å². The average Bonchev–Trinajstić information content (AvgIpc) is 3.28. The topological polar surface area (TPSA) is 46.3 Å². The third kappa shape index (κ3) is 4.25. The molecule has 110 valence electrons. The number of rotatable bonds is 7. The summed E-state index contributed by atoms with van der Waals surface area (Å²) in [7, 11) is 0. The summed E-state index contributed by atoms with van der Waals surface area (Å²) < 4.78 is 0. The van der Waals surface area contributed by atoms with Gasteiger partial charge in [0, 0.05) is 12.6 Å². The van der Waals surface area contributed by atoms with Gasteiger partial charge < -0.3 is 10.6 Å². The van der Waals surface area contributed by atoms with Crippen LogP contribution in [0.2, 0.25) is 0 Å². The second-order valence-electron chi connectivity index (χ2n) is 5.57. The van der Waals surface area contributed by atoms with Crippen LogP contribution in [0.25, 0.3) is 0 Å². The largest absolute Gasteiger partial charge is 0.334 e. The van der Waals surface area contributed by atoms with Crippen LogP contribution in [0.5, 0.6) is 0 Å². The molecule has 1 atom stereocenters. The lowest BCUT2D eigenvalue weighted by atomic mass is 10.1. The molecule has 1 aromatic rings. The highest BCUT2D eigenvalue weighted by molar-refractivity contribution is 7.98. The standard InChI is InChI=1S/C16H24N2OS/c1-12-3-5-13(6-4-12)11-18(14-7-8-14)16(19)15(17)9-10-20-2/h3-6,14-15H,7-11,17H2,1-2H3/t15-/m0/s1. The average molecular weight is 292 g/mol. The third-order valence-electron chi connectivity index (χ3n) is 3.69. The number of thioether (sulfide) groups is 1. The number of hydrogen-bond acceptors (Lipinski definition) is 3. The molecule has 1 aliphatic carbocycles. The van der Waals surface area contributed by atoms with Crippen LogP contribution in [0.3, 0.4) is 0 Å². The molecule has 0 radical (unpaired) electrons. The van der Waals surface area contributed by atoms with E-state index in [0.717, 1.165) is 25.0 Å². The molecule has 0 spiro atoms. The van der Waals surface area contributed by atoms with E-state index in [1.807, 2.05) is 11.2 Å². The van der Waals surface area contributed by atoms with Crippen molar-refractivity contribution in [2.45, 2.75) is 44.8 Å². The van der Waals surface area contributed by atoms with Crippen molar-refractivity contribution in [2.24, 2.45) is 5.73 Å². The Bertz CT molecular complexity index is 442. The molecule has 2 N–H and O–H groups in total. The van der Waals surface area contributed by atoms with E-state index in [0.29, 0.717) is 12.6 Å². The van der Waals surface area contributed by atoms with Crippen molar-refractivity contribution < 1.29 is 4.79 Å². The van der Waals surface area contributed by atoms with E-state index in [4.69, 9.17) is 5.73 Å². The Morgan fingerprint density at radius 3 is 2.60 bits per heavy atom. The van der Waals surface area contributed by atoms with Crippen LogP contribution in [0.1, 0.15) is 30.4 Å². The van der Waals surface area contributed by atoms with Gasteiger partial charge in [-0.1, -0.05) is 29.8 Å². The number of nitrogens with two attached hydrogens (primary N) is 1. The van der Waals surface area contributed by atoms with Gasteiger partial charge in [0.1, 0.15) is 0 Å². The number of benzene rings is 1. The minimum Gasteiger partial charge on any atom is -0.334 e. The number of hydrogen-bond donors (Lipinski definition) is 1. The molecule has 1 aromatic carbocycles. The minimum absolute atomic E-state index is 0.113. The van der Waals surface area contributed by atoms with E-state index in [-0.39, 0.29) is 11.9 Å². The van der Waals surface area contributed by atoms with Crippen LogP contribution in [0.4, 0.5) is 0 Å². The Morgan fingerprint density at radius 1 is 1.40 bits per heavy atom. The number of nitrogens with zero attached hydrogens (tertiary/aromatic N) is 1. The van der Waals surface area contributed by atoms with Gasteiger partial charge in [-0.25, -0.2) is 0 Å². The molecule has 1 amide bonds. The zero-order valence-corrected chi connectivity index (χ0v) is 13.2. The number of carbonyl (C=O) groups is 1. The van der Waals surface area contributed by atoms with Crippen LogP contribution in [0, 0.1) is 6.92 Å². The molecule has 0 unspecified atom stereocenters. The molecule has 0 bridgehead atoms. The van der Waals surface area contributed by atoms with Gasteiger partial charge in [0.05, 0.1) is 6.04 Å². The lowest BCUT2D eigenvalue weighted by Gasteiger charge is -2.26. The quantitative estimate of drug-likeness (QED) is 0.840. The molecule has 1 saturated carbocycles. The predicted molar refractivity (Wildman–Crippen MR) is 85.7 cm³/mol. The van der Waals surface area contributed by atoms with E-state index in [1.165, 1.54) is 11.1 Å². The Morgan fingerprint density at radius 2 is 2.05 bits per heavy atom. The molecule has 0 heterocycles. The monoisotopic (exact) mass is 292 g/mol. The molecule has 2 rings (SSSR count). The number of carbonyl (C=O) groups excluding carboxylic acids is 1. The van der Waals surface area contributed by atoms with Crippen molar-refractivity contribution in [1.82, 2.24) is 4.90 Å². The third-order valence-corrected chi connectivity index (χ3v) is 4.34. The van der Waals surface area contributed by atoms with Crippen molar-refractivity contribution in [3.05, 3.63) is 35.4 Å². The fourth-order valence-corrected chi connectivity index (χ4v) is 2.73. The first-order valence-electron chi connectivity index (χ1n) is 7.22. The second kappa shape index (κ2) is 7.14. The summed E-state index contributed by atoms with van der Waals surface area (Å²) in [5.74, 6) is 1.05. The van der Waals surface area contributed by atoms with E-state index in [9.17, 15) is 4.79 Å². The second-order valence-corrected chi connectivity index (χ2v) is 6.56. The van der Waals surface area contributed by atoms with Crippen LogP contribution in [-0.4, -0.2) is 34.9 Å². The van der Waals surface area contributed by atoms with E-state index >= 15 is 0 Å². The molecule has 20 heavy (non-hydrogen) atoms. The first kappa shape index (κ1) is 15.4. The van der Waals surface area contributed by atoms with Crippen molar-refractivity contribution in [2.75, 3.05) is 12.0 Å². The molecular weight excluding hydrogens is 268 g/mol. The van der Waals surface area contributed by atoms with Gasteiger partial charge in [0.2, 0.25) is 5.91 Å². The van der Waals surface area contributed by atoms with Crippen molar-refractivity contribution in [3.63, 3.8) is 0 Å². The summed E-state index contributed by atoms with van der Waals surface area (Å²) in [6.45, 7) is 2.77. The fraction of sp³-hybridized carbons (Fsp3) is 0.562. The van der Waals surface area contributed by atoms with Crippen LogP contribution in [0.15, 0.2) is 24.3 Å². The maximum atomic E-state index is 12.5. The van der Waals surface area contributed by atoms with Crippen LogP contribution in [-0.2, 0) is 11.3 Å². The van der Waals surface area contributed by atoms with Crippen LogP contribution >= 0.6 is 11.8 Å². The van der Waals surface area contributed by atoms with Crippen molar-refractivity contribution in [1.29, 1.82) is 0 Å². The molecule has 1 aliphatic rings. The van der Waals surface area contributed by atoms with E-state index in [2.05, 4.69) is 31.2 Å². The highest BCUT2D eigenvalue weighted by Crippen LogP contribution is 2.29. The summed E-state index contributed by atoms with van der Waals surface area (Å²) >= 11 is 1.74. The summed E-state index contributed by atoms with van der Waals surface area (Å²) in [6.07, 6.45) is 5.04. The Balaban J connectivity index is 1.99. The summed E-state index contributed by atoms with van der Waals surface area (Å²) in [5.41, 5.74) is 8.48. The molecule has 3 nitrogen and oxygen atoms in total. The lowest BCUT2D eigenvalue weighted by molar-refractivity contribution is -0.133. The predicted octanol–water partition coefficient (Wildman–Crippen LogP) is 2.57. The van der Waals surface area contributed by atoms with Gasteiger partial charge in [0.25, 0.3) is 0 Å². The first-order valence-corrected chi connectivity index (χ1v) is 8.61. The SMILES string of the molecule is CSCC[C@H](N)C(=O)N(Cc1ccc(C)cc1)C1CC1. The van der Waals surface area contributed by atoms with Gasteiger partial charge in [0.15, 0.2) is 0 Å². The van der Waals surface area contributed by atoms with Crippen LogP contribution < -0.4 is 5.73 Å². The molecular formula is C16H24N2OS. The molecule has 1 fully saturated rings. The van der Waals surface area contributed by atoms with Gasteiger partial charge in [-0.2, -0.15) is 11.8 Å². The molecule has 0 saturated heterocycles. The summed E-state index contributed by atoms with van der Waals surface area (Å²) in [5, 5.41) is 0. The normalized spacial score (nSPS) is 15.9. The van der Waals surface area contributed by atoms with E-state index in [1.54, 1.807) is 11.8 Å². The Hall–Kier alpha value is -1.00. The lowest BCUT2D eigenvalue weighted by Crippen LogP contribution is -2.44. The summed E-state index contributed by atoms with van der Waals surface area (Å²) in [6, 6.07) is 8.45. The number of amides is 1. The zero-order chi connectivity index (χ0) is 14.5. The zero-order valence-electron chi connectivity index (χ0n) is 12.3. The maximum absolute atomic E-state index is 12.5. The Kier molecular flexibility index (Phi) is 5.49. The number of aryl methyl sites for hydroxylation is 1. The van der Waals surface area contributed by atoms with Gasteiger partial charge in [-0.3, -0.25) is 4.79 Å². The minimum atomic E-state index is -0.353. The highest BCUT2D eigenvalue weighted by Gasteiger charge is 2.34. The highest BCUT2D eigenvalue weighted by atomic mass is 32.2. The first-order chi connectivity index (χ1) is 9.61. The molecule has 0 aromatic heterocycles. The van der Waals surface area contributed by atoms with Crippen molar-refractivity contribution in [3.8, 4) is 0 Å². The summed E-state index contributed by atoms with van der Waals surface area (Å²) in [4.78, 5) is 14.5. The Labute approximate surface area is 125 Å². The van der Waals surface area contributed by atoms with Gasteiger partial charge in [-0.15, -0.1) is 0 Å². The maximum Gasteiger partial charge on any atom is 0.240 e. The fourth-order valence-electron chi connectivity index (χ4n) is 2.24.